The highest BCUT2D eigenvalue weighted by molar-refractivity contribution is 7.90. The molecule has 2 aromatic carbocycles. The van der Waals surface area contributed by atoms with E-state index in [0.717, 1.165) is 61.3 Å². The minimum atomic E-state index is -4.28. The van der Waals surface area contributed by atoms with Crippen LogP contribution in [0.15, 0.2) is 58.2 Å². The maximum Gasteiger partial charge on any atom is 0.343 e. The second-order valence-electron chi connectivity index (χ2n) is 7.48. The summed E-state index contributed by atoms with van der Waals surface area (Å²) in [5.74, 6) is -0.956. The van der Waals surface area contributed by atoms with Crippen molar-refractivity contribution in [3.63, 3.8) is 0 Å². The highest BCUT2D eigenvalue weighted by Gasteiger charge is 2.26. The van der Waals surface area contributed by atoms with Crippen LogP contribution in [0.3, 0.4) is 0 Å². The molecular formula is C21H23FN4O4S. The van der Waals surface area contributed by atoms with Gasteiger partial charge in [0.05, 0.1) is 15.9 Å². The monoisotopic (exact) mass is 446 g/mol. The SMILES string of the molecule is O=C(Cn1c(=O)n(S(=O)(=O)c2ccc(F)cc2)c2ccccc21)NCCN1CCCC1. The van der Waals surface area contributed by atoms with Crippen molar-refractivity contribution < 1.29 is 17.6 Å². The third-order valence-corrected chi connectivity index (χ3v) is 7.10. The molecule has 1 aromatic heterocycles. The number of carbonyl (C=O) groups excluding carboxylic acids is 1. The van der Waals surface area contributed by atoms with Gasteiger partial charge < -0.3 is 10.2 Å². The van der Waals surface area contributed by atoms with Crippen LogP contribution in [0, 0.1) is 5.82 Å². The van der Waals surface area contributed by atoms with Crippen molar-refractivity contribution in [1.82, 2.24) is 18.8 Å². The summed E-state index contributed by atoms with van der Waals surface area (Å²) in [6.07, 6.45) is 2.32. The number of hydrogen-bond acceptors (Lipinski definition) is 5. The van der Waals surface area contributed by atoms with E-state index in [1.807, 2.05) is 0 Å². The van der Waals surface area contributed by atoms with Crippen molar-refractivity contribution in [3.05, 3.63) is 64.8 Å². The number of aromatic nitrogens is 2. The molecule has 0 saturated carbocycles. The zero-order valence-corrected chi connectivity index (χ0v) is 17.6. The number of imidazole rings is 1. The van der Waals surface area contributed by atoms with E-state index in [-0.39, 0.29) is 22.9 Å². The zero-order valence-electron chi connectivity index (χ0n) is 16.8. The van der Waals surface area contributed by atoms with Crippen molar-refractivity contribution >= 4 is 27.0 Å². The number of benzene rings is 2. The van der Waals surface area contributed by atoms with Gasteiger partial charge in [-0.3, -0.25) is 9.36 Å². The molecule has 1 amide bonds. The fourth-order valence-corrected chi connectivity index (χ4v) is 5.24. The van der Waals surface area contributed by atoms with E-state index in [4.69, 9.17) is 0 Å². The van der Waals surface area contributed by atoms with Crippen LogP contribution in [0.4, 0.5) is 4.39 Å². The van der Waals surface area contributed by atoms with Gasteiger partial charge in [0, 0.05) is 13.1 Å². The van der Waals surface area contributed by atoms with Crippen molar-refractivity contribution in [2.45, 2.75) is 24.3 Å². The fourth-order valence-electron chi connectivity index (χ4n) is 3.84. The van der Waals surface area contributed by atoms with Crippen LogP contribution in [-0.2, 0) is 21.4 Å². The summed E-state index contributed by atoms with van der Waals surface area (Å²) in [4.78, 5) is 27.6. The number of halogens is 1. The third-order valence-electron chi connectivity index (χ3n) is 5.40. The lowest BCUT2D eigenvalue weighted by Crippen LogP contribution is -2.38. The summed E-state index contributed by atoms with van der Waals surface area (Å²) < 4.78 is 41.3. The van der Waals surface area contributed by atoms with Crippen LogP contribution in [0.1, 0.15) is 12.8 Å². The van der Waals surface area contributed by atoms with Gasteiger partial charge in [0.1, 0.15) is 12.4 Å². The van der Waals surface area contributed by atoms with Crippen molar-refractivity contribution in [2.24, 2.45) is 0 Å². The Labute approximate surface area is 178 Å². The van der Waals surface area contributed by atoms with Crippen LogP contribution in [0.25, 0.3) is 11.0 Å². The van der Waals surface area contributed by atoms with Gasteiger partial charge in [-0.25, -0.2) is 17.6 Å². The maximum absolute atomic E-state index is 13.2. The molecule has 10 heteroatoms. The first-order valence-corrected chi connectivity index (χ1v) is 11.5. The molecule has 0 aliphatic carbocycles. The van der Waals surface area contributed by atoms with Crippen molar-refractivity contribution in [2.75, 3.05) is 26.2 Å². The van der Waals surface area contributed by atoms with E-state index >= 15 is 0 Å². The molecule has 164 valence electrons. The Morgan fingerprint density at radius 2 is 1.65 bits per heavy atom. The molecule has 0 atom stereocenters. The highest BCUT2D eigenvalue weighted by Crippen LogP contribution is 2.20. The summed E-state index contributed by atoms with van der Waals surface area (Å²) in [5.41, 5.74) is -0.366. The molecule has 1 aliphatic heterocycles. The number of para-hydroxylation sites is 2. The van der Waals surface area contributed by atoms with Gasteiger partial charge in [0.25, 0.3) is 10.0 Å². The van der Waals surface area contributed by atoms with Crippen LogP contribution < -0.4 is 11.0 Å². The van der Waals surface area contributed by atoms with E-state index in [1.54, 1.807) is 18.2 Å². The molecule has 1 saturated heterocycles. The first kappa shape index (κ1) is 21.3. The predicted molar refractivity (Wildman–Crippen MR) is 114 cm³/mol. The first-order valence-electron chi connectivity index (χ1n) is 10.1. The number of nitrogens with one attached hydrogen (secondary N) is 1. The summed E-state index contributed by atoms with van der Waals surface area (Å²) in [7, 11) is -4.28. The Morgan fingerprint density at radius 3 is 2.32 bits per heavy atom. The Morgan fingerprint density at radius 1 is 1.00 bits per heavy atom. The average Bonchev–Trinajstić information content (AvgIpc) is 3.35. The molecule has 3 aromatic rings. The van der Waals surface area contributed by atoms with E-state index in [0.29, 0.717) is 16.0 Å². The number of carbonyl (C=O) groups is 1. The lowest BCUT2D eigenvalue weighted by Gasteiger charge is -2.14. The van der Waals surface area contributed by atoms with E-state index < -0.39 is 21.5 Å². The standard InChI is InChI=1S/C21H23FN4O4S/c22-16-7-9-17(10-8-16)31(29,30)26-19-6-2-1-5-18(19)25(21(26)28)15-20(27)23-11-14-24-12-3-4-13-24/h1-2,5-10H,3-4,11-15H2,(H,23,27). The Kier molecular flexibility index (Phi) is 5.92. The highest BCUT2D eigenvalue weighted by atomic mass is 32.2. The summed E-state index contributed by atoms with van der Waals surface area (Å²) in [5, 5.41) is 2.80. The van der Waals surface area contributed by atoms with Gasteiger partial charge in [-0.15, -0.1) is 0 Å². The number of nitrogens with zero attached hydrogens (tertiary/aromatic N) is 3. The molecular weight excluding hydrogens is 423 g/mol. The van der Waals surface area contributed by atoms with Crippen LogP contribution in [0.2, 0.25) is 0 Å². The molecule has 0 spiro atoms. The molecule has 1 fully saturated rings. The smallest absolute Gasteiger partial charge is 0.343 e. The Balaban J connectivity index is 1.63. The van der Waals surface area contributed by atoms with Gasteiger partial charge in [-0.1, -0.05) is 12.1 Å². The van der Waals surface area contributed by atoms with E-state index in [2.05, 4.69) is 10.2 Å². The second kappa shape index (κ2) is 8.64. The van der Waals surface area contributed by atoms with E-state index in [1.165, 1.54) is 6.07 Å². The van der Waals surface area contributed by atoms with Crippen molar-refractivity contribution in [3.8, 4) is 0 Å². The maximum atomic E-state index is 13.2. The topological polar surface area (TPSA) is 93.4 Å². The zero-order chi connectivity index (χ0) is 22.0. The number of amides is 1. The Bertz CT molecular complexity index is 1260. The minimum Gasteiger partial charge on any atom is -0.353 e. The predicted octanol–water partition coefficient (Wildman–Crippen LogP) is 1.39. The van der Waals surface area contributed by atoms with Crippen LogP contribution >= 0.6 is 0 Å². The summed E-state index contributed by atoms with van der Waals surface area (Å²) >= 11 is 0. The molecule has 1 N–H and O–H groups in total. The largest absolute Gasteiger partial charge is 0.353 e. The molecule has 31 heavy (non-hydrogen) atoms. The Hall–Kier alpha value is -2.98. The number of likely N-dealkylation sites (tertiary alicyclic amines) is 1. The molecule has 4 rings (SSSR count). The van der Waals surface area contributed by atoms with Gasteiger partial charge in [-0.2, -0.15) is 3.97 Å². The lowest BCUT2D eigenvalue weighted by molar-refractivity contribution is -0.121. The molecule has 2 heterocycles. The summed E-state index contributed by atoms with van der Waals surface area (Å²) in [6, 6.07) is 10.6. The first-order chi connectivity index (χ1) is 14.9. The number of rotatable bonds is 7. The van der Waals surface area contributed by atoms with Crippen molar-refractivity contribution in [1.29, 1.82) is 0 Å². The quantitative estimate of drug-likeness (QED) is 0.592. The van der Waals surface area contributed by atoms with Crippen LogP contribution in [0.5, 0.6) is 0 Å². The fraction of sp³-hybridized carbons (Fsp3) is 0.333. The second-order valence-corrected chi connectivity index (χ2v) is 9.27. The van der Waals surface area contributed by atoms with Gasteiger partial charge in [0.2, 0.25) is 5.91 Å². The number of hydrogen-bond donors (Lipinski definition) is 1. The minimum absolute atomic E-state index is 0.154. The van der Waals surface area contributed by atoms with Gasteiger partial charge >= 0.3 is 5.69 Å². The molecule has 1 aliphatic rings. The lowest BCUT2D eigenvalue weighted by atomic mass is 10.3. The third kappa shape index (κ3) is 4.26. The number of fused-ring (bicyclic) bond motifs is 1. The normalized spacial score (nSPS) is 14.9. The van der Waals surface area contributed by atoms with E-state index in [9.17, 15) is 22.4 Å². The molecule has 0 unspecified atom stereocenters. The van der Waals surface area contributed by atoms with Crippen LogP contribution in [-0.4, -0.2) is 53.9 Å². The van der Waals surface area contributed by atoms with Gasteiger partial charge in [0.15, 0.2) is 0 Å². The van der Waals surface area contributed by atoms with Gasteiger partial charge in [-0.05, 0) is 62.3 Å². The molecule has 0 bridgehead atoms. The average molecular weight is 447 g/mol. The molecule has 0 radical (unpaired) electrons. The summed E-state index contributed by atoms with van der Waals surface area (Å²) in [6.45, 7) is 2.93. The molecule has 8 nitrogen and oxygen atoms in total.